The predicted molar refractivity (Wildman–Crippen MR) is 69.2 cm³/mol. The van der Waals surface area contributed by atoms with Crippen LogP contribution in [0.1, 0.15) is 10.5 Å². The third kappa shape index (κ3) is 3.15. The van der Waals surface area contributed by atoms with Crippen molar-refractivity contribution in [2.45, 2.75) is 0 Å². The van der Waals surface area contributed by atoms with Crippen LogP contribution >= 0.6 is 11.6 Å². The number of nitrogen functional groups attached to an aromatic ring is 1. The molecule has 19 heavy (non-hydrogen) atoms. The Balaban J connectivity index is 2.22. The fraction of sp³-hybridized carbons (Fsp3) is 0. The molecule has 1 heterocycles. The molecule has 0 aliphatic carbocycles. The van der Waals surface area contributed by atoms with Gasteiger partial charge in [-0.25, -0.2) is 15.2 Å². The minimum atomic E-state index is -0.572. The Morgan fingerprint density at radius 3 is 2.89 bits per heavy atom. The van der Waals surface area contributed by atoms with Crippen molar-refractivity contribution in [3.8, 4) is 0 Å². The van der Waals surface area contributed by atoms with E-state index in [1.54, 1.807) is 0 Å². The first-order valence-corrected chi connectivity index (χ1v) is 5.53. The monoisotopic (exact) mass is 281 g/mol. The standard InChI is InChI=1S/C11H9ClFN5O/c12-7-2-1-6(13)3-8(7)17-11(19)9-4-15-5-10(16-9)18-14/h1-5H,14H2,(H,16,18)(H,17,19). The van der Waals surface area contributed by atoms with Gasteiger partial charge in [-0.05, 0) is 18.2 Å². The van der Waals surface area contributed by atoms with Gasteiger partial charge in [-0.3, -0.25) is 9.78 Å². The van der Waals surface area contributed by atoms with E-state index in [9.17, 15) is 9.18 Å². The summed E-state index contributed by atoms with van der Waals surface area (Å²) in [6, 6.07) is 3.64. The van der Waals surface area contributed by atoms with E-state index < -0.39 is 11.7 Å². The molecule has 1 aromatic heterocycles. The van der Waals surface area contributed by atoms with Gasteiger partial charge >= 0.3 is 0 Å². The Morgan fingerprint density at radius 1 is 1.37 bits per heavy atom. The number of aromatic nitrogens is 2. The highest BCUT2D eigenvalue weighted by molar-refractivity contribution is 6.33. The summed E-state index contributed by atoms with van der Waals surface area (Å²) >= 11 is 5.84. The number of carbonyl (C=O) groups is 1. The maximum absolute atomic E-state index is 13.1. The first kappa shape index (κ1) is 13.2. The van der Waals surface area contributed by atoms with Crippen molar-refractivity contribution in [1.82, 2.24) is 9.97 Å². The molecule has 0 saturated heterocycles. The molecule has 0 unspecified atom stereocenters. The van der Waals surface area contributed by atoms with Crippen LogP contribution < -0.4 is 16.6 Å². The Morgan fingerprint density at radius 2 is 2.16 bits per heavy atom. The molecule has 98 valence electrons. The maximum Gasteiger partial charge on any atom is 0.275 e. The summed E-state index contributed by atoms with van der Waals surface area (Å²) in [7, 11) is 0. The number of carbonyl (C=O) groups excluding carboxylic acids is 1. The number of nitrogens with zero attached hydrogens (tertiary/aromatic N) is 2. The summed E-state index contributed by atoms with van der Waals surface area (Å²) in [6.45, 7) is 0. The van der Waals surface area contributed by atoms with E-state index in [1.807, 2.05) is 0 Å². The summed E-state index contributed by atoms with van der Waals surface area (Å²) in [4.78, 5) is 19.6. The molecular formula is C11H9ClFN5O. The molecule has 0 spiro atoms. The number of nitrogens with two attached hydrogens (primary N) is 1. The van der Waals surface area contributed by atoms with Crippen LogP contribution in [-0.4, -0.2) is 15.9 Å². The van der Waals surface area contributed by atoms with Crippen LogP contribution in [0.5, 0.6) is 0 Å². The van der Waals surface area contributed by atoms with E-state index >= 15 is 0 Å². The summed E-state index contributed by atoms with van der Waals surface area (Å²) in [5, 5.41) is 2.66. The molecule has 0 aliphatic rings. The molecule has 0 bridgehead atoms. The third-order valence-electron chi connectivity index (χ3n) is 2.19. The number of hydrogen-bond acceptors (Lipinski definition) is 5. The lowest BCUT2D eigenvalue weighted by molar-refractivity contribution is 0.102. The van der Waals surface area contributed by atoms with Gasteiger partial charge < -0.3 is 10.7 Å². The van der Waals surface area contributed by atoms with Crippen molar-refractivity contribution in [1.29, 1.82) is 0 Å². The van der Waals surface area contributed by atoms with Gasteiger partial charge in [0, 0.05) is 0 Å². The van der Waals surface area contributed by atoms with Crippen LogP contribution in [0.25, 0.3) is 0 Å². The molecule has 4 N–H and O–H groups in total. The van der Waals surface area contributed by atoms with E-state index in [0.717, 1.165) is 6.07 Å². The minimum Gasteiger partial charge on any atom is -0.319 e. The molecule has 0 saturated carbocycles. The summed E-state index contributed by atoms with van der Waals surface area (Å²) in [5.74, 6) is 4.31. The Kier molecular flexibility index (Phi) is 3.88. The fourth-order valence-electron chi connectivity index (χ4n) is 1.32. The molecule has 0 radical (unpaired) electrons. The quantitative estimate of drug-likeness (QED) is 0.589. The van der Waals surface area contributed by atoms with Gasteiger partial charge in [0.15, 0.2) is 5.82 Å². The van der Waals surface area contributed by atoms with Crippen molar-refractivity contribution < 1.29 is 9.18 Å². The van der Waals surface area contributed by atoms with Crippen molar-refractivity contribution in [2.75, 3.05) is 10.7 Å². The van der Waals surface area contributed by atoms with Gasteiger partial charge in [0.05, 0.1) is 23.1 Å². The van der Waals surface area contributed by atoms with Crippen molar-refractivity contribution in [2.24, 2.45) is 5.84 Å². The Bertz CT molecular complexity index is 622. The zero-order valence-corrected chi connectivity index (χ0v) is 10.3. The van der Waals surface area contributed by atoms with Gasteiger partial charge in [-0.2, -0.15) is 0 Å². The second kappa shape index (κ2) is 5.59. The van der Waals surface area contributed by atoms with Gasteiger partial charge in [-0.15, -0.1) is 0 Å². The highest BCUT2D eigenvalue weighted by Gasteiger charge is 2.11. The zero-order valence-electron chi connectivity index (χ0n) is 9.52. The number of hydrazine groups is 1. The Hall–Kier alpha value is -2.25. The molecule has 8 heteroatoms. The topological polar surface area (TPSA) is 92.9 Å². The predicted octanol–water partition coefficient (Wildman–Crippen LogP) is 1.81. The largest absolute Gasteiger partial charge is 0.319 e. The average molecular weight is 282 g/mol. The number of benzene rings is 1. The molecule has 1 amide bonds. The molecule has 2 aromatic rings. The number of anilines is 2. The van der Waals surface area contributed by atoms with E-state index in [4.69, 9.17) is 17.4 Å². The first-order valence-electron chi connectivity index (χ1n) is 5.15. The van der Waals surface area contributed by atoms with Crippen LogP contribution in [0.15, 0.2) is 30.6 Å². The first-order chi connectivity index (χ1) is 9.10. The number of halogens is 2. The van der Waals surface area contributed by atoms with Crippen molar-refractivity contribution in [3.05, 3.63) is 47.1 Å². The van der Waals surface area contributed by atoms with Crippen LogP contribution in [-0.2, 0) is 0 Å². The highest BCUT2D eigenvalue weighted by Crippen LogP contribution is 2.22. The van der Waals surface area contributed by atoms with Gasteiger partial charge in [-0.1, -0.05) is 11.6 Å². The molecular weight excluding hydrogens is 273 g/mol. The molecule has 6 nitrogen and oxygen atoms in total. The lowest BCUT2D eigenvalue weighted by Crippen LogP contribution is -2.17. The number of hydrogen-bond donors (Lipinski definition) is 3. The molecule has 2 rings (SSSR count). The highest BCUT2D eigenvalue weighted by atomic mass is 35.5. The SMILES string of the molecule is NNc1cncc(C(=O)Nc2cc(F)ccc2Cl)n1. The van der Waals surface area contributed by atoms with E-state index in [1.165, 1.54) is 24.5 Å². The number of rotatable bonds is 3. The Labute approximate surface area is 112 Å². The van der Waals surface area contributed by atoms with Gasteiger partial charge in [0.2, 0.25) is 0 Å². The minimum absolute atomic E-state index is 0.0239. The van der Waals surface area contributed by atoms with Crippen molar-refractivity contribution in [3.63, 3.8) is 0 Å². The number of amides is 1. The molecule has 1 aromatic carbocycles. The normalized spacial score (nSPS) is 10.1. The van der Waals surface area contributed by atoms with E-state index in [2.05, 4.69) is 20.7 Å². The summed E-state index contributed by atoms with van der Waals surface area (Å²) < 4.78 is 13.1. The van der Waals surface area contributed by atoms with Crippen molar-refractivity contribution >= 4 is 29.0 Å². The maximum atomic E-state index is 13.1. The lowest BCUT2D eigenvalue weighted by Gasteiger charge is -2.07. The molecule has 0 aliphatic heterocycles. The zero-order chi connectivity index (χ0) is 13.8. The molecule has 0 fully saturated rings. The summed E-state index contributed by atoms with van der Waals surface area (Å²) in [6.07, 6.45) is 2.61. The lowest BCUT2D eigenvalue weighted by atomic mass is 10.3. The van der Waals surface area contributed by atoms with E-state index in [0.29, 0.717) is 0 Å². The second-order valence-corrected chi connectivity index (χ2v) is 3.92. The van der Waals surface area contributed by atoms with Crippen LogP contribution in [0, 0.1) is 5.82 Å². The van der Waals surface area contributed by atoms with Crippen LogP contribution in [0.4, 0.5) is 15.9 Å². The smallest absolute Gasteiger partial charge is 0.275 e. The van der Waals surface area contributed by atoms with Crippen LogP contribution in [0.3, 0.4) is 0 Å². The van der Waals surface area contributed by atoms with Gasteiger partial charge in [0.1, 0.15) is 11.5 Å². The van der Waals surface area contributed by atoms with Crippen LogP contribution in [0.2, 0.25) is 5.02 Å². The molecule has 0 atom stereocenters. The second-order valence-electron chi connectivity index (χ2n) is 3.51. The third-order valence-corrected chi connectivity index (χ3v) is 2.52. The summed E-state index contributed by atoms with van der Waals surface area (Å²) in [5.41, 5.74) is 2.44. The van der Waals surface area contributed by atoms with E-state index in [-0.39, 0.29) is 22.2 Å². The number of nitrogens with one attached hydrogen (secondary N) is 2. The fourth-order valence-corrected chi connectivity index (χ4v) is 1.49. The van der Waals surface area contributed by atoms with Gasteiger partial charge in [0.25, 0.3) is 5.91 Å². The average Bonchev–Trinajstić information content (AvgIpc) is 2.43.